The second-order valence-corrected chi connectivity index (χ2v) is 8.55. The lowest BCUT2D eigenvalue weighted by Gasteiger charge is -2.33. The van der Waals surface area contributed by atoms with Crippen molar-refractivity contribution >= 4 is 23.2 Å². The third kappa shape index (κ3) is 5.74. The molecule has 0 aliphatic rings. The van der Waals surface area contributed by atoms with Crippen molar-refractivity contribution in [2.24, 2.45) is 5.92 Å². The van der Waals surface area contributed by atoms with Gasteiger partial charge in [-0.2, -0.15) is 5.26 Å². The van der Waals surface area contributed by atoms with Crippen LogP contribution in [0.4, 0.5) is 0 Å². The average Bonchev–Trinajstić information content (AvgIpc) is 2.68. The zero-order valence-corrected chi connectivity index (χ0v) is 18.6. The highest BCUT2D eigenvalue weighted by Gasteiger charge is 2.36. The van der Waals surface area contributed by atoms with Crippen molar-refractivity contribution in [2.45, 2.75) is 52.0 Å². The summed E-state index contributed by atoms with van der Waals surface area (Å²) >= 11 is 12.3. The Bertz CT molecular complexity index is 783. The summed E-state index contributed by atoms with van der Waals surface area (Å²) in [6, 6.07) is 18.8. The predicted molar refractivity (Wildman–Crippen MR) is 120 cm³/mol. The maximum absolute atomic E-state index is 10.1. The van der Waals surface area contributed by atoms with Gasteiger partial charge in [-0.3, -0.25) is 4.90 Å². The third-order valence-electron chi connectivity index (χ3n) is 5.45. The van der Waals surface area contributed by atoms with Gasteiger partial charge in [0.2, 0.25) is 0 Å². The van der Waals surface area contributed by atoms with E-state index in [4.69, 9.17) is 23.2 Å². The van der Waals surface area contributed by atoms with E-state index < -0.39 is 5.41 Å². The summed E-state index contributed by atoms with van der Waals surface area (Å²) in [6.07, 6.45) is 2.88. The Kier molecular flexibility index (Phi) is 8.83. The Morgan fingerprint density at radius 3 is 2.32 bits per heavy atom. The van der Waals surface area contributed by atoms with E-state index in [0.717, 1.165) is 44.5 Å². The standard InChI is InChI=1S/C24H30Cl2N2/c1-4-14-28(17-20-9-6-5-7-10-20)15-8-13-24(18-27,19(2)3)21-11-12-22(25)23(26)16-21/h5-7,9-12,16,19H,4,8,13-15,17H2,1-3H3. The molecule has 0 bridgehead atoms. The van der Waals surface area contributed by atoms with Crippen LogP contribution in [-0.4, -0.2) is 18.0 Å². The molecule has 0 aromatic heterocycles. The van der Waals surface area contributed by atoms with Gasteiger partial charge in [0.25, 0.3) is 0 Å². The SMILES string of the molecule is CCCN(CCCC(C#N)(c1ccc(Cl)c(Cl)c1)C(C)C)Cc1ccccc1. The first kappa shape index (κ1) is 22.8. The number of benzene rings is 2. The molecule has 2 aromatic carbocycles. The normalized spacial score (nSPS) is 13.5. The maximum Gasteiger partial charge on any atom is 0.0846 e. The quantitative estimate of drug-likeness (QED) is 0.412. The minimum Gasteiger partial charge on any atom is -0.299 e. The van der Waals surface area contributed by atoms with E-state index in [9.17, 15) is 5.26 Å². The second-order valence-electron chi connectivity index (χ2n) is 7.73. The monoisotopic (exact) mass is 416 g/mol. The summed E-state index contributed by atoms with van der Waals surface area (Å²) in [5.41, 5.74) is 1.74. The molecule has 2 rings (SSSR count). The molecule has 0 N–H and O–H groups in total. The number of nitriles is 1. The lowest BCUT2D eigenvalue weighted by atomic mass is 9.70. The minimum atomic E-state index is -0.557. The fraction of sp³-hybridized carbons (Fsp3) is 0.458. The van der Waals surface area contributed by atoms with Gasteiger partial charge in [0.1, 0.15) is 0 Å². The number of rotatable bonds is 10. The third-order valence-corrected chi connectivity index (χ3v) is 6.19. The Balaban J connectivity index is 2.11. The molecular formula is C24H30Cl2N2. The molecule has 2 aromatic rings. The van der Waals surface area contributed by atoms with E-state index in [0.29, 0.717) is 10.0 Å². The van der Waals surface area contributed by atoms with Crippen LogP contribution in [0.5, 0.6) is 0 Å². The molecule has 0 aliphatic heterocycles. The minimum absolute atomic E-state index is 0.184. The van der Waals surface area contributed by atoms with E-state index in [1.165, 1.54) is 5.56 Å². The van der Waals surface area contributed by atoms with Gasteiger partial charge >= 0.3 is 0 Å². The summed E-state index contributed by atoms with van der Waals surface area (Å²) in [6.45, 7) is 9.41. The summed E-state index contributed by atoms with van der Waals surface area (Å²) in [7, 11) is 0. The number of hydrogen-bond donors (Lipinski definition) is 0. The highest BCUT2D eigenvalue weighted by atomic mass is 35.5. The summed E-state index contributed by atoms with van der Waals surface area (Å²) in [5, 5.41) is 11.2. The Hall–Kier alpha value is -1.53. The highest BCUT2D eigenvalue weighted by molar-refractivity contribution is 6.42. The van der Waals surface area contributed by atoms with Gasteiger partial charge in [-0.25, -0.2) is 0 Å². The molecule has 0 aliphatic carbocycles. The maximum atomic E-state index is 10.1. The van der Waals surface area contributed by atoms with E-state index >= 15 is 0 Å². The van der Waals surface area contributed by atoms with Gasteiger partial charge in [0.15, 0.2) is 0 Å². The van der Waals surface area contributed by atoms with Crippen molar-refractivity contribution < 1.29 is 0 Å². The van der Waals surface area contributed by atoms with E-state index in [1.54, 1.807) is 6.07 Å². The van der Waals surface area contributed by atoms with Crippen molar-refractivity contribution in [3.63, 3.8) is 0 Å². The zero-order valence-electron chi connectivity index (χ0n) is 17.1. The van der Waals surface area contributed by atoms with Crippen LogP contribution in [0, 0.1) is 17.2 Å². The van der Waals surface area contributed by atoms with Gasteiger partial charge in [-0.1, -0.05) is 80.4 Å². The summed E-state index contributed by atoms with van der Waals surface area (Å²) in [4.78, 5) is 2.48. The van der Waals surface area contributed by atoms with Crippen molar-refractivity contribution in [1.29, 1.82) is 5.26 Å². The molecule has 0 heterocycles. The first-order valence-electron chi connectivity index (χ1n) is 10.1. The van der Waals surface area contributed by atoms with Crippen LogP contribution >= 0.6 is 23.2 Å². The fourth-order valence-electron chi connectivity index (χ4n) is 3.80. The summed E-state index contributed by atoms with van der Waals surface area (Å²) in [5.74, 6) is 0.184. The van der Waals surface area contributed by atoms with E-state index in [2.05, 4.69) is 62.1 Å². The Labute approximate surface area is 180 Å². The summed E-state index contributed by atoms with van der Waals surface area (Å²) < 4.78 is 0. The van der Waals surface area contributed by atoms with Crippen LogP contribution in [0.2, 0.25) is 10.0 Å². The molecule has 0 amide bonds. The molecule has 0 saturated heterocycles. The number of halogens is 2. The average molecular weight is 417 g/mol. The van der Waals surface area contributed by atoms with Crippen molar-refractivity contribution in [2.75, 3.05) is 13.1 Å². The van der Waals surface area contributed by atoms with Crippen LogP contribution in [0.3, 0.4) is 0 Å². The molecule has 28 heavy (non-hydrogen) atoms. The van der Waals surface area contributed by atoms with Gasteiger partial charge < -0.3 is 0 Å². The molecule has 1 atom stereocenters. The van der Waals surface area contributed by atoms with Crippen molar-refractivity contribution in [3.05, 3.63) is 69.7 Å². The van der Waals surface area contributed by atoms with Crippen LogP contribution in [0.1, 0.15) is 51.2 Å². The Morgan fingerprint density at radius 1 is 1.04 bits per heavy atom. The van der Waals surface area contributed by atoms with Crippen LogP contribution < -0.4 is 0 Å². The molecule has 0 spiro atoms. The van der Waals surface area contributed by atoms with Crippen molar-refractivity contribution in [1.82, 2.24) is 4.90 Å². The largest absolute Gasteiger partial charge is 0.299 e. The lowest BCUT2D eigenvalue weighted by molar-refractivity contribution is 0.244. The van der Waals surface area contributed by atoms with Crippen molar-refractivity contribution in [3.8, 4) is 6.07 Å². The molecule has 0 saturated carbocycles. The van der Waals surface area contributed by atoms with Gasteiger partial charge in [0, 0.05) is 6.54 Å². The van der Waals surface area contributed by atoms with Crippen LogP contribution in [0.15, 0.2) is 48.5 Å². The zero-order chi connectivity index (χ0) is 20.6. The molecule has 150 valence electrons. The Morgan fingerprint density at radius 2 is 1.75 bits per heavy atom. The lowest BCUT2D eigenvalue weighted by Crippen LogP contribution is -2.33. The topological polar surface area (TPSA) is 27.0 Å². The van der Waals surface area contributed by atoms with Gasteiger partial charge in [0.05, 0.1) is 21.5 Å². The highest BCUT2D eigenvalue weighted by Crippen LogP contribution is 2.39. The van der Waals surface area contributed by atoms with E-state index in [1.807, 2.05) is 12.1 Å². The molecule has 1 unspecified atom stereocenters. The van der Waals surface area contributed by atoms with Crippen LogP contribution in [0.25, 0.3) is 0 Å². The number of hydrogen-bond acceptors (Lipinski definition) is 2. The van der Waals surface area contributed by atoms with Gasteiger partial charge in [-0.15, -0.1) is 0 Å². The second kappa shape index (κ2) is 10.9. The molecule has 0 fully saturated rings. The predicted octanol–water partition coefficient (Wildman–Crippen LogP) is 7.10. The molecular weight excluding hydrogens is 387 g/mol. The van der Waals surface area contributed by atoms with Gasteiger partial charge in [-0.05, 0) is 61.5 Å². The molecule has 0 radical (unpaired) electrons. The molecule has 2 nitrogen and oxygen atoms in total. The number of nitrogens with zero attached hydrogens (tertiary/aromatic N) is 2. The first-order valence-corrected chi connectivity index (χ1v) is 10.8. The first-order chi connectivity index (χ1) is 13.4. The smallest absolute Gasteiger partial charge is 0.0846 e. The van der Waals surface area contributed by atoms with E-state index in [-0.39, 0.29) is 5.92 Å². The molecule has 4 heteroatoms. The van der Waals surface area contributed by atoms with Crippen LogP contribution in [-0.2, 0) is 12.0 Å². The fourth-order valence-corrected chi connectivity index (χ4v) is 4.10.